The third-order valence-electron chi connectivity index (χ3n) is 5.08. The molecule has 4 rings (SSSR count). The van der Waals surface area contributed by atoms with Crippen molar-refractivity contribution in [2.24, 2.45) is 0 Å². The van der Waals surface area contributed by atoms with Gasteiger partial charge in [0.2, 0.25) is 0 Å². The highest BCUT2D eigenvalue weighted by molar-refractivity contribution is 6.33. The second-order valence-electron chi connectivity index (χ2n) is 6.78. The van der Waals surface area contributed by atoms with Crippen molar-refractivity contribution >= 4 is 17.3 Å². The minimum Gasteiger partial charge on any atom is -0.497 e. The Hall–Kier alpha value is -2.52. The zero-order valence-electron chi connectivity index (χ0n) is 14.7. The number of halogens is 1. The normalized spacial score (nSPS) is 14.7. The van der Waals surface area contributed by atoms with Gasteiger partial charge in [-0.3, -0.25) is 4.98 Å². The van der Waals surface area contributed by atoms with Crippen molar-refractivity contribution in [2.45, 2.75) is 18.3 Å². The molecule has 0 bridgehead atoms. The average Bonchev–Trinajstić information content (AvgIpc) is 3.48. The summed E-state index contributed by atoms with van der Waals surface area (Å²) in [6, 6.07) is 20.2. The number of ether oxygens (including phenoxy) is 1. The van der Waals surface area contributed by atoms with Crippen LogP contribution in [-0.4, -0.2) is 18.6 Å². The van der Waals surface area contributed by atoms with E-state index in [1.54, 1.807) is 7.11 Å². The largest absolute Gasteiger partial charge is 0.497 e. The van der Waals surface area contributed by atoms with Crippen molar-refractivity contribution in [1.29, 1.82) is 0 Å². The molecule has 3 nitrogen and oxygen atoms in total. The number of hydrogen-bond donors (Lipinski definition) is 1. The van der Waals surface area contributed by atoms with E-state index in [-0.39, 0.29) is 5.41 Å². The molecule has 0 radical (unpaired) electrons. The van der Waals surface area contributed by atoms with Gasteiger partial charge in [0.25, 0.3) is 0 Å². The molecule has 2 aromatic carbocycles. The number of hydrogen-bond acceptors (Lipinski definition) is 3. The number of aromatic nitrogens is 1. The lowest BCUT2D eigenvalue weighted by Gasteiger charge is -2.18. The van der Waals surface area contributed by atoms with Crippen LogP contribution in [-0.2, 0) is 5.41 Å². The monoisotopic (exact) mass is 364 g/mol. The van der Waals surface area contributed by atoms with Crippen molar-refractivity contribution in [3.05, 3.63) is 77.4 Å². The minimum absolute atomic E-state index is 0.169. The first-order valence-electron chi connectivity index (χ1n) is 8.80. The molecule has 132 valence electrons. The number of nitrogens with one attached hydrogen (secondary N) is 1. The topological polar surface area (TPSA) is 34.1 Å². The van der Waals surface area contributed by atoms with Gasteiger partial charge in [-0.15, -0.1) is 0 Å². The van der Waals surface area contributed by atoms with E-state index < -0.39 is 0 Å². The Kier molecular flexibility index (Phi) is 4.56. The van der Waals surface area contributed by atoms with Crippen LogP contribution in [0, 0.1) is 0 Å². The summed E-state index contributed by atoms with van der Waals surface area (Å²) in [6.07, 6.45) is 4.24. The van der Waals surface area contributed by atoms with Gasteiger partial charge in [0.15, 0.2) is 0 Å². The van der Waals surface area contributed by atoms with E-state index in [0.717, 1.165) is 34.3 Å². The van der Waals surface area contributed by atoms with E-state index in [1.807, 2.05) is 48.7 Å². The van der Waals surface area contributed by atoms with Crippen LogP contribution in [0.15, 0.2) is 66.9 Å². The van der Waals surface area contributed by atoms with Gasteiger partial charge in [-0.25, -0.2) is 0 Å². The van der Waals surface area contributed by atoms with E-state index in [4.69, 9.17) is 16.3 Å². The molecule has 1 aliphatic carbocycles. The van der Waals surface area contributed by atoms with Crippen LogP contribution < -0.4 is 10.1 Å². The highest BCUT2D eigenvalue weighted by Gasteiger charge is 2.44. The van der Waals surface area contributed by atoms with Crippen molar-refractivity contribution in [1.82, 2.24) is 4.98 Å². The van der Waals surface area contributed by atoms with Crippen molar-refractivity contribution in [2.75, 3.05) is 19.0 Å². The second-order valence-corrected chi connectivity index (χ2v) is 7.18. The molecule has 1 aliphatic rings. The molecule has 0 spiro atoms. The van der Waals surface area contributed by atoms with Crippen molar-refractivity contribution < 1.29 is 4.74 Å². The van der Waals surface area contributed by atoms with E-state index in [9.17, 15) is 0 Å². The third-order valence-corrected chi connectivity index (χ3v) is 5.41. The first kappa shape index (κ1) is 16.9. The molecule has 0 unspecified atom stereocenters. The Morgan fingerprint density at radius 1 is 1.08 bits per heavy atom. The number of rotatable bonds is 6. The number of nitrogens with zero attached hydrogens (tertiary/aromatic N) is 1. The smallest absolute Gasteiger partial charge is 0.120 e. The van der Waals surface area contributed by atoms with E-state index in [1.165, 1.54) is 18.4 Å². The summed E-state index contributed by atoms with van der Waals surface area (Å²) in [5.41, 5.74) is 4.48. The fraction of sp³-hybridized carbons (Fsp3) is 0.227. The van der Waals surface area contributed by atoms with Crippen LogP contribution in [0.4, 0.5) is 5.69 Å². The molecule has 0 atom stereocenters. The lowest BCUT2D eigenvalue weighted by atomic mass is 9.95. The fourth-order valence-electron chi connectivity index (χ4n) is 3.30. The average molecular weight is 365 g/mol. The molecule has 1 aromatic heterocycles. The lowest BCUT2D eigenvalue weighted by Crippen LogP contribution is -2.19. The van der Waals surface area contributed by atoms with E-state index >= 15 is 0 Å². The summed E-state index contributed by atoms with van der Waals surface area (Å²) < 4.78 is 5.30. The van der Waals surface area contributed by atoms with E-state index in [0.29, 0.717) is 0 Å². The number of anilines is 1. The maximum atomic E-state index is 6.35. The van der Waals surface area contributed by atoms with Gasteiger partial charge in [-0.1, -0.05) is 35.9 Å². The van der Waals surface area contributed by atoms with Gasteiger partial charge < -0.3 is 10.1 Å². The quantitative estimate of drug-likeness (QED) is 0.622. The molecule has 1 heterocycles. The van der Waals surface area contributed by atoms with Crippen LogP contribution in [0.1, 0.15) is 18.4 Å². The molecular formula is C22H21ClN2O. The molecule has 1 saturated carbocycles. The second kappa shape index (κ2) is 7.00. The Morgan fingerprint density at radius 3 is 2.69 bits per heavy atom. The molecule has 0 saturated heterocycles. The molecule has 1 N–H and O–H groups in total. The fourth-order valence-corrected chi connectivity index (χ4v) is 3.53. The Bertz CT molecular complexity index is 921. The summed E-state index contributed by atoms with van der Waals surface area (Å²) in [4.78, 5) is 4.53. The van der Waals surface area contributed by atoms with Crippen LogP contribution in [0.5, 0.6) is 5.75 Å². The third kappa shape index (κ3) is 3.40. The van der Waals surface area contributed by atoms with Crippen molar-refractivity contribution in [3.63, 3.8) is 0 Å². The summed E-state index contributed by atoms with van der Waals surface area (Å²) in [7, 11) is 1.69. The molecule has 3 aromatic rings. The molecular weight excluding hydrogens is 344 g/mol. The van der Waals surface area contributed by atoms with Gasteiger partial charge in [0.1, 0.15) is 5.75 Å². The lowest BCUT2D eigenvalue weighted by molar-refractivity contribution is 0.415. The number of methoxy groups -OCH3 is 1. The van der Waals surface area contributed by atoms with Crippen LogP contribution >= 0.6 is 11.6 Å². The molecule has 0 aliphatic heterocycles. The van der Waals surface area contributed by atoms with Gasteiger partial charge in [-0.2, -0.15) is 0 Å². The summed E-state index contributed by atoms with van der Waals surface area (Å²) in [6.45, 7) is 0.895. The first-order valence-corrected chi connectivity index (χ1v) is 9.17. The van der Waals surface area contributed by atoms with Crippen molar-refractivity contribution in [3.8, 4) is 17.0 Å². The zero-order chi connectivity index (χ0) is 18.0. The molecule has 1 fully saturated rings. The van der Waals surface area contributed by atoms with Gasteiger partial charge >= 0.3 is 0 Å². The highest BCUT2D eigenvalue weighted by Crippen LogP contribution is 2.48. The maximum absolute atomic E-state index is 6.35. The zero-order valence-corrected chi connectivity index (χ0v) is 15.5. The number of benzene rings is 2. The van der Waals surface area contributed by atoms with Gasteiger partial charge in [0.05, 0.1) is 12.8 Å². The number of pyridine rings is 1. The summed E-state index contributed by atoms with van der Waals surface area (Å²) in [5, 5.41) is 4.30. The Balaban J connectivity index is 1.55. The van der Waals surface area contributed by atoms with Gasteiger partial charge in [-0.05, 0) is 48.7 Å². The minimum atomic E-state index is 0.169. The highest BCUT2D eigenvalue weighted by atomic mass is 35.5. The van der Waals surface area contributed by atoms with Crippen LogP contribution in [0.3, 0.4) is 0 Å². The first-order chi connectivity index (χ1) is 12.7. The SMILES string of the molecule is COc1cccc(NCC2(c3ccnc(-c4ccccc4Cl)c3)CC2)c1. The molecule has 26 heavy (non-hydrogen) atoms. The van der Waals surface area contributed by atoms with Crippen LogP contribution in [0.25, 0.3) is 11.3 Å². The molecule has 0 amide bonds. The maximum Gasteiger partial charge on any atom is 0.120 e. The standard InChI is InChI=1S/C22H21ClN2O/c1-26-18-6-4-5-17(14-18)25-15-22(10-11-22)16-9-12-24-21(13-16)19-7-2-3-8-20(19)23/h2-9,12-14,25H,10-11,15H2,1H3. The Morgan fingerprint density at radius 2 is 1.92 bits per heavy atom. The van der Waals surface area contributed by atoms with Gasteiger partial charge in [0, 0.05) is 40.5 Å². The van der Waals surface area contributed by atoms with E-state index in [2.05, 4.69) is 28.5 Å². The summed E-state index contributed by atoms with van der Waals surface area (Å²) >= 11 is 6.35. The Labute approximate surface area is 159 Å². The van der Waals surface area contributed by atoms with Crippen LogP contribution in [0.2, 0.25) is 5.02 Å². The summed E-state index contributed by atoms with van der Waals surface area (Å²) in [5.74, 6) is 0.866. The molecule has 4 heteroatoms. The predicted molar refractivity (Wildman–Crippen MR) is 107 cm³/mol. The predicted octanol–water partition coefficient (Wildman–Crippen LogP) is 5.55.